The van der Waals surface area contributed by atoms with Crippen molar-refractivity contribution < 1.29 is 19.4 Å². The van der Waals surface area contributed by atoms with Gasteiger partial charge in [-0.1, -0.05) is 0 Å². The van der Waals surface area contributed by atoms with Gasteiger partial charge in [-0.2, -0.15) is 0 Å². The predicted octanol–water partition coefficient (Wildman–Crippen LogP) is 2.13. The molecule has 1 amide bonds. The van der Waals surface area contributed by atoms with Crippen LogP contribution in [0.25, 0.3) is 22.8 Å². The monoisotopic (exact) mass is 364 g/mol. The Morgan fingerprint density at radius 3 is 2.81 bits per heavy atom. The van der Waals surface area contributed by atoms with Gasteiger partial charge < -0.3 is 20.1 Å². The maximum Gasteiger partial charge on any atom is 0.336 e. The lowest BCUT2D eigenvalue weighted by molar-refractivity contribution is 0.0697. The van der Waals surface area contributed by atoms with Crippen molar-refractivity contribution in [1.82, 2.24) is 20.3 Å². The van der Waals surface area contributed by atoms with Gasteiger partial charge in [0.1, 0.15) is 5.75 Å². The fraction of sp³-hybridized carbons (Fsp3) is 0.158. The summed E-state index contributed by atoms with van der Waals surface area (Å²) in [5.74, 6) is -0.485. The summed E-state index contributed by atoms with van der Waals surface area (Å²) in [6.07, 6.45) is 2.29. The van der Waals surface area contributed by atoms with Gasteiger partial charge in [0.25, 0.3) is 5.91 Å². The van der Waals surface area contributed by atoms with Crippen molar-refractivity contribution in [2.24, 2.45) is 0 Å². The van der Waals surface area contributed by atoms with Crippen molar-refractivity contribution in [3.63, 3.8) is 0 Å². The molecule has 3 N–H and O–H groups in total. The summed E-state index contributed by atoms with van der Waals surface area (Å²) in [5, 5.41) is 12.3. The van der Waals surface area contributed by atoms with Crippen LogP contribution in [0.3, 0.4) is 0 Å². The van der Waals surface area contributed by atoms with E-state index in [1.54, 1.807) is 30.5 Å². The van der Waals surface area contributed by atoms with Crippen LogP contribution in [0.4, 0.5) is 0 Å². The summed E-state index contributed by atoms with van der Waals surface area (Å²) in [7, 11) is 1.47. The fourth-order valence-corrected chi connectivity index (χ4v) is 3.09. The van der Waals surface area contributed by atoms with E-state index in [9.17, 15) is 14.7 Å². The molecule has 0 spiro atoms. The molecule has 3 aromatic rings. The summed E-state index contributed by atoms with van der Waals surface area (Å²) in [5.41, 5.74) is 3.17. The number of aromatic carboxylic acids is 1. The minimum Gasteiger partial charge on any atom is -0.497 e. The van der Waals surface area contributed by atoms with Crippen LogP contribution in [0.5, 0.6) is 5.75 Å². The first-order valence-electron chi connectivity index (χ1n) is 8.32. The number of nitrogens with zero attached hydrogens (tertiary/aromatic N) is 2. The van der Waals surface area contributed by atoms with E-state index >= 15 is 0 Å². The van der Waals surface area contributed by atoms with Gasteiger partial charge in [0.2, 0.25) is 0 Å². The van der Waals surface area contributed by atoms with Gasteiger partial charge in [0.05, 0.1) is 29.6 Å². The maximum atomic E-state index is 12.0. The van der Waals surface area contributed by atoms with E-state index in [1.807, 2.05) is 0 Å². The van der Waals surface area contributed by atoms with Gasteiger partial charge in [-0.3, -0.25) is 4.79 Å². The Balaban J connectivity index is 1.78. The number of amides is 1. The van der Waals surface area contributed by atoms with Crippen molar-refractivity contribution in [2.75, 3.05) is 13.7 Å². The molecule has 0 atom stereocenters. The molecule has 0 radical (unpaired) electrons. The lowest BCUT2D eigenvalue weighted by Crippen LogP contribution is -2.31. The molecule has 0 fully saturated rings. The highest BCUT2D eigenvalue weighted by Gasteiger charge is 2.21. The zero-order valence-corrected chi connectivity index (χ0v) is 14.4. The number of ether oxygens (including phenoxy) is 1. The van der Waals surface area contributed by atoms with Gasteiger partial charge in [0, 0.05) is 30.4 Å². The van der Waals surface area contributed by atoms with Crippen molar-refractivity contribution in [1.29, 1.82) is 0 Å². The van der Waals surface area contributed by atoms with Gasteiger partial charge >= 0.3 is 5.97 Å². The average molecular weight is 364 g/mol. The first kappa shape index (κ1) is 16.8. The summed E-state index contributed by atoms with van der Waals surface area (Å²) >= 11 is 0. The largest absolute Gasteiger partial charge is 0.497 e. The number of fused-ring (bicyclic) bond motifs is 1. The number of carbonyl (C=O) groups excluding carboxylic acids is 1. The van der Waals surface area contributed by atoms with Crippen LogP contribution in [-0.2, 0) is 6.42 Å². The second-order valence-electron chi connectivity index (χ2n) is 6.06. The first-order valence-corrected chi connectivity index (χ1v) is 8.32. The molecular weight excluding hydrogens is 348 g/mol. The Hall–Kier alpha value is -3.68. The zero-order chi connectivity index (χ0) is 19.0. The van der Waals surface area contributed by atoms with E-state index in [4.69, 9.17) is 4.74 Å². The molecule has 8 heteroatoms. The third-order valence-corrected chi connectivity index (χ3v) is 4.43. The smallest absolute Gasteiger partial charge is 0.336 e. The van der Waals surface area contributed by atoms with E-state index < -0.39 is 5.97 Å². The van der Waals surface area contributed by atoms with E-state index in [0.29, 0.717) is 34.8 Å². The highest BCUT2D eigenvalue weighted by atomic mass is 16.5. The first-order chi connectivity index (χ1) is 13.1. The number of carbonyl (C=O) groups is 2. The third kappa shape index (κ3) is 3.01. The molecule has 0 bridgehead atoms. The highest BCUT2D eigenvalue weighted by molar-refractivity contribution is 5.98. The van der Waals surface area contributed by atoms with Crippen LogP contribution in [0.1, 0.15) is 26.4 Å². The van der Waals surface area contributed by atoms with E-state index in [2.05, 4.69) is 20.3 Å². The van der Waals surface area contributed by atoms with Gasteiger partial charge in [-0.05, 0) is 30.3 Å². The molecule has 0 unspecified atom stereocenters. The van der Waals surface area contributed by atoms with E-state index in [-0.39, 0.29) is 17.3 Å². The van der Waals surface area contributed by atoms with Crippen LogP contribution in [-0.4, -0.2) is 45.6 Å². The molecule has 1 aliphatic rings. The molecule has 2 aromatic heterocycles. The number of benzene rings is 1. The summed E-state index contributed by atoms with van der Waals surface area (Å²) in [4.78, 5) is 35.5. The van der Waals surface area contributed by atoms with Gasteiger partial charge in [-0.25, -0.2) is 14.8 Å². The lowest BCUT2D eigenvalue weighted by atomic mass is 10.1. The van der Waals surface area contributed by atoms with Gasteiger partial charge in [0.15, 0.2) is 5.82 Å². The van der Waals surface area contributed by atoms with Crippen molar-refractivity contribution in [3.8, 4) is 28.5 Å². The summed E-state index contributed by atoms with van der Waals surface area (Å²) in [6, 6.07) is 8.18. The van der Waals surface area contributed by atoms with Gasteiger partial charge in [-0.15, -0.1) is 0 Å². The van der Waals surface area contributed by atoms with Crippen LogP contribution >= 0.6 is 0 Å². The topological polar surface area (TPSA) is 117 Å². The molecule has 4 rings (SSSR count). The number of nitrogens with one attached hydrogen (secondary N) is 2. The highest BCUT2D eigenvalue weighted by Crippen LogP contribution is 2.28. The lowest BCUT2D eigenvalue weighted by Gasteiger charge is -2.11. The number of aromatic nitrogens is 3. The normalized spacial score (nSPS) is 13.0. The Morgan fingerprint density at radius 2 is 2.07 bits per heavy atom. The molecule has 27 heavy (non-hydrogen) atoms. The number of rotatable bonds is 4. The molecule has 8 nitrogen and oxygen atoms in total. The number of methoxy groups -OCH3 is 1. The maximum absolute atomic E-state index is 12.0. The molecule has 1 aliphatic heterocycles. The SMILES string of the molecule is COc1ccc(-c2nccc(-c3cc4c([nH]3)CCNC4=O)n2)c(C(=O)O)c1. The number of carboxylic acids is 1. The fourth-order valence-electron chi connectivity index (χ4n) is 3.09. The number of aromatic amines is 1. The second-order valence-corrected chi connectivity index (χ2v) is 6.06. The average Bonchev–Trinajstić information content (AvgIpc) is 3.13. The Bertz CT molecular complexity index is 1060. The van der Waals surface area contributed by atoms with Crippen molar-refractivity contribution in [3.05, 3.63) is 53.3 Å². The van der Waals surface area contributed by atoms with E-state index in [1.165, 1.54) is 13.2 Å². The quantitative estimate of drug-likeness (QED) is 0.653. The molecule has 0 aliphatic carbocycles. The second kappa shape index (κ2) is 6.56. The third-order valence-electron chi connectivity index (χ3n) is 4.43. The minimum atomic E-state index is -1.09. The number of carboxylic acid groups (broad SMARTS) is 1. The van der Waals surface area contributed by atoms with Crippen LogP contribution in [0, 0.1) is 0 Å². The number of hydrogen-bond donors (Lipinski definition) is 3. The number of hydrogen-bond acceptors (Lipinski definition) is 5. The molecular formula is C19H16N4O4. The molecule has 1 aromatic carbocycles. The van der Waals surface area contributed by atoms with Crippen LogP contribution < -0.4 is 10.1 Å². The molecule has 0 saturated carbocycles. The predicted molar refractivity (Wildman–Crippen MR) is 96.8 cm³/mol. The number of H-pyrrole nitrogens is 1. The van der Waals surface area contributed by atoms with E-state index in [0.717, 1.165) is 12.1 Å². The van der Waals surface area contributed by atoms with Crippen LogP contribution in [0.15, 0.2) is 36.5 Å². The summed E-state index contributed by atoms with van der Waals surface area (Å²) < 4.78 is 5.10. The summed E-state index contributed by atoms with van der Waals surface area (Å²) in [6.45, 7) is 0.592. The standard InChI is InChI=1S/C19H16N4O4/c1-27-10-2-3-11(12(8-10)19(25)26)17-20-6-5-15(23-17)16-9-13-14(22-16)4-7-21-18(13)24/h2-3,5-6,8-9,22H,4,7H2,1H3,(H,21,24)(H,25,26). The zero-order valence-electron chi connectivity index (χ0n) is 14.4. The minimum absolute atomic E-state index is 0.0525. The molecule has 0 saturated heterocycles. The Labute approximate surface area is 154 Å². The Morgan fingerprint density at radius 1 is 1.22 bits per heavy atom. The van der Waals surface area contributed by atoms with Crippen molar-refractivity contribution in [2.45, 2.75) is 6.42 Å². The van der Waals surface area contributed by atoms with Crippen molar-refractivity contribution >= 4 is 11.9 Å². The van der Waals surface area contributed by atoms with Crippen LogP contribution in [0.2, 0.25) is 0 Å². The molecule has 136 valence electrons. The molecule has 3 heterocycles. The Kier molecular flexibility index (Phi) is 4.08.